The van der Waals surface area contributed by atoms with Gasteiger partial charge in [0.15, 0.2) is 5.78 Å². The molecule has 0 aliphatic heterocycles. The highest BCUT2D eigenvalue weighted by Gasteiger charge is 2.37. The number of amides is 6. The molecule has 8 N–H and O–H groups in total. The van der Waals surface area contributed by atoms with Crippen LogP contribution in [0.3, 0.4) is 0 Å². The molecule has 1 fully saturated rings. The van der Waals surface area contributed by atoms with Gasteiger partial charge in [0.1, 0.15) is 30.2 Å². The fourth-order valence-corrected chi connectivity index (χ4v) is 6.97. The van der Waals surface area contributed by atoms with Gasteiger partial charge in [-0.1, -0.05) is 96.7 Å². The third-order valence-electron chi connectivity index (χ3n) is 10.5. The van der Waals surface area contributed by atoms with Crippen LogP contribution in [-0.2, 0) is 43.2 Å². The number of ketones is 1. The monoisotopic (exact) mass is 840 g/mol. The van der Waals surface area contributed by atoms with Gasteiger partial charge in [-0.2, -0.15) is 0 Å². The maximum atomic E-state index is 14.2. The van der Waals surface area contributed by atoms with Crippen LogP contribution in [0.25, 0.3) is 6.08 Å². The van der Waals surface area contributed by atoms with Crippen LogP contribution < -0.4 is 31.9 Å². The quantitative estimate of drug-likeness (QED) is 0.0664. The lowest BCUT2D eigenvalue weighted by Gasteiger charge is -2.33. The van der Waals surface area contributed by atoms with E-state index in [1.54, 1.807) is 33.8 Å². The second-order valence-electron chi connectivity index (χ2n) is 15.9. The maximum absolute atomic E-state index is 14.2. The molecule has 17 heteroatoms. The van der Waals surface area contributed by atoms with Gasteiger partial charge in [-0.05, 0) is 61.5 Å². The highest BCUT2D eigenvalue weighted by atomic mass is 16.4. The minimum absolute atomic E-state index is 0.0673. The highest BCUT2D eigenvalue weighted by Crippen LogP contribution is 2.27. The summed E-state index contributed by atoms with van der Waals surface area (Å²) in [6, 6.07) is 1.84. The predicted molar refractivity (Wildman–Crippen MR) is 223 cm³/mol. The molecule has 17 nitrogen and oxygen atoms in total. The number of aliphatic carboxylic acids is 2. The number of carbonyl (C=O) groups excluding carboxylic acids is 7. The molecule has 1 aliphatic rings. The molecular weight excluding hydrogens is 777 g/mol. The minimum Gasteiger partial charge on any atom is -0.481 e. The summed E-state index contributed by atoms with van der Waals surface area (Å²) in [7, 11) is 0. The van der Waals surface area contributed by atoms with Gasteiger partial charge in [-0.25, -0.2) is 0 Å². The van der Waals surface area contributed by atoms with E-state index >= 15 is 0 Å². The van der Waals surface area contributed by atoms with Crippen LogP contribution in [-0.4, -0.2) is 99.6 Å². The van der Waals surface area contributed by atoms with Crippen molar-refractivity contribution in [2.24, 2.45) is 17.8 Å². The molecule has 2 rings (SSSR count). The van der Waals surface area contributed by atoms with E-state index in [9.17, 15) is 53.4 Å². The minimum atomic E-state index is -1.57. The van der Waals surface area contributed by atoms with Gasteiger partial charge < -0.3 is 42.1 Å². The lowest BCUT2D eigenvalue weighted by molar-refractivity contribution is -0.141. The van der Waals surface area contributed by atoms with Gasteiger partial charge in [0.05, 0.1) is 12.5 Å². The molecule has 6 amide bonds. The van der Waals surface area contributed by atoms with Crippen molar-refractivity contribution >= 4 is 59.2 Å². The molecule has 0 aromatic heterocycles. The molecule has 0 radical (unpaired) electrons. The molecule has 7 atom stereocenters. The summed E-state index contributed by atoms with van der Waals surface area (Å²) in [4.78, 5) is 117. The Balaban J connectivity index is 2.35. The number of carbonyl (C=O) groups is 9. The molecular formula is C43H64N6O11. The fourth-order valence-electron chi connectivity index (χ4n) is 6.97. The van der Waals surface area contributed by atoms with Crippen molar-refractivity contribution in [3.8, 4) is 0 Å². The summed E-state index contributed by atoms with van der Waals surface area (Å²) in [5.41, 5.74) is 0.822. The van der Waals surface area contributed by atoms with E-state index in [0.717, 1.165) is 31.7 Å². The van der Waals surface area contributed by atoms with Crippen molar-refractivity contribution in [1.82, 2.24) is 31.9 Å². The average Bonchev–Trinajstić information content (AvgIpc) is 3.20. The Bertz CT molecular complexity index is 1660. The second kappa shape index (κ2) is 25.8. The van der Waals surface area contributed by atoms with Crippen LogP contribution in [0.4, 0.5) is 0 Å². The number of carboxylic acid groups (broad SMARTS) is 2. The molecule has 1 aliphatic carbocycles. The van der Waals surface area contributed by atoms with Crippen molar-refractivity contribution < 1.29 is 53.4 Å². The highest BCUT2D eigenvalue weighted by molar-refractivity contribution is 6.01. The van der Waals surface area contributed by atoms with Crippen molar-refractivity contribution in [2.75, 3.05) is 0 Å². The van der Waals surface area contributed by atoms with Gasteiger partial charge in [0, 0.05) is 13.3 Å². The Kier molecular flexibility index (Phi) is 21.7. The van der Waals surface area contributed by atoms with Gasteiger partial charge in [-0.3, -0.25) is 43.2 Å². The molecule has 60 heavy (non-hydrogen) atoms. The Morgan fingerprint density at radius 1 is 0.667 bits per heavy atom. The Morgan fingerprint density at radius 2 is 1.25 bits per heavy atom. The first kappa shape index (κ1) is 50.5. The molecule has 0 unspecified atom stereocenters. The average molecular weight is 841 g/mol. The third kappa shape index (κ3) is 17.7. The number of hydrogen-bond acceptors (Lipinski definition) is 9. The van der Waals surface area contributed by atoms with Crippen molar-refractivity contribution in [3.05, 3.63) is 42.0 Å². The van der Waals surface area contributed by atoms with Crippen molar-refractivity contribution in [1.29, 1.82) is 0 Å². The van der Waals surface area contributed by atoms with Gasteiger partial charge in [0.2, 0.25) is 35.4 Å². The number of rotatable bonds is 25. The molecule has 0 bridgehead atoms. The number of carboxylic acids is 2. The van der Waals surface area contributed by atoms with E-state index in [1.165, 1.54) is 6.08 Å². The van der Waals surface area contributed by atoms with Gasteiger partial charge >= 0.3 is 11.9 Å². The zero-order valence-electron chi connectivity index (χ0n) is 35.6. The van der Waals surface area contributed by atoms with Crippen molar-refractivity contribution in [2.45, 2.75) is 148 Å². The van der Waals surface area contributed by atoms with Gasteiger partial charge in [0.25, 0.3) is 0 Å². The molecule has 1 saturated carbocycles. The van der Waals surface area contributed by atoms with Crippen LogP contribution in [0.1, 0.15) is 118 Å². The maximum Gasteiger partial charge on any atom is 0.305 e. The first-order valence-electron chi connectivity index (χ1n) is 20.9. The van der Waals surface area contributed by atoms with E-state index in [4.69, 9.17) is 0 Å². The van der Waals surface area contributed by atoms with E-state index in [-0.39, 0.29) is 24.0 Å². The summed E-state index contributed by atoms with van der Waals surface area (Å²) >= 11 is 0. The molecule has 0 spiro atoms. The second-order valence-corrected chi connectivity index (χ2v) is 15.9. The van der Waals surface area contributed by atoms with Crippen LogP contribution in [0, 0.1) is 17.8 Å². The third-order valence-corrected chi connectivity index (χ3v) is 10.5. The molecule has 0 saturated heterocycles. The lowest BCUT2D eigenvalue weighted by atomic mass is 9.83. The van der Waals surface area contributed by atoms with Crippen LogP contribution in [0.15, 0.2) is 36.4 Å². The topological polar surface area (TPSA) is 266 Å². The first-order chi connectivity index (χ1) is 28.4. The Labute approximate surface area is 352 Å². The summed E-state index contributed by atoms with van der Waals surface area (Å²) < 4.78 is 0. The summed E-state index contributed by atoms with van der Waals surface area (Å²) in [5.74, 6) is -8.46. The standard InChI is InChI=1S/C43H64N6O11/c1-7-26(5)37(42(59)49-38(29-17-13-10-14-18-29)43(60)45-30(8-2)34(51)21-19-28-15-11-9-12-16-28)48-41(58)32(23-25(3)4)47-39(56)31(20-22-35(52)53)46-40(57)33(24-36(54)55)44-27(6)50/h9,11-12,15-16,19,21,25-26,29-33,37-38H,7-8,10,13-14,17-18,20,22-24H2,1-6H3,(H,44,50)(H,45,60)(H,46,57)(H,47,56)(H,48,58)(H,49,59)(H,52,53)(H,54,55)/b21-19+/t26-,30-,31+,32-,33-,37-,38-/m0/s1. The zero-order chi connectivity index (χ0) is 44.9. The SMILES string of the molecule is CC[C@H](NC(=O)[C@@H](NC(=O)[C@@H](NC(=O)[C@H](CC(C)C)NC(=O)[C@@H](CCC(=O)O)NC(=O)[C@H](CC(=O)O)NC(C)=O)[C@@H](C)CC)C1CCCCC1)C(=O)/C=C/c1ccccc1. The fraction of sp³-hybridized carbons (Fsp3) is 0.605. The summed E-state index contributed by atoms with van der Waals surface area (Å²) in [6.45, 7) is 10.0. The number of benzene rings is 1. The van der Waals surface area contributed by atoms with Crippen LogP contribution in [0.5, 0.6) is 0 Å². The van der Waals surface area contributed by atoms with E-state index in [0.29, 0.717) is 25.7 Å². The zero-order valence-corrected chi connectivity index (χ0v) is 35.6. The van der Waals surface area contributed by atoms with Crippen LogP contribution in [0.2, 0.25) is 0 Å². The largest absolute Gasteiger partial charge is 0.481 e. The van der Waals surface area contributed by atoms with E-state index < -0.39 is 109 Å². The predicted octanol–water partition coefficient (Wildman–Crippen LogP) is 2.62. The summed E-state index contributed by atoms with van der Waals surface area (Å²) in [5, 5.41) is 34.2. The normalized spacial score (nSPS) is 16.5. The van der Waals surface area contributed by atoms with E-state index in [1.807, 2.05) is 37.3 Å². The van der Waals surface area contributed by atoms with Gasteiger partial charge in [-0.15, -0.1) is 0 Å². The summed E-state index contributed by atoms with van der Waals surface area (Å²) in [6.07, 6.45) is 6.10. The van der Waals surface area contributed by atoms with Crippen LogP contribution >= 0.6 is 0 Å². The first-order valence-corrected chi connectivity index (χ1v) is 20.9. The molecule has 1 aromatic carbocycles. The lowest BCUT2D eigenvalue weighted by Crippen LogP contribution is -2.61. The Morgan fingerprint density at radius 3 is 1.80 bits per heavy atom. The van der Waals surface area contributed by atoms with Crippen molar-refractivity contribution in [3.63, 3.8) is 0 Å². The number of nitrogens with one attached hydrogen (secondary N) is 6. The number of hydrogen-bond donors (Lipinski definition) is 8. The van der Waals surface area contributed by atoms with E-state index in [2.05, 4.69) is 31.9 Å². The molecule has 332 valence electrons. The molecule has 0 heterocycles. The smallest absolute Gasteiger partial charge is 0.305 e. The Hall–Kier alpha value is -5.61. The molecule has 1 aromatic rings.